The van der Waals surface area contributed by atoms with Gasteiger partial charge in [0.1, 0.15) is 5.60 Å². The zero-order valence-electron chi connectivity index (χ0n) is 11.0. The summed E-state index contributed by atoms with van der Waals surface area (Å²) < 4.78 is 5.12. The highest BCUT2D eigenvalue weighted by Crippen LogP contribution is 2.09. The van der Waals surface area contributed by atoms with Crippen LogP contribution in [0.1, 0.15) is 39.2 Å². The lowest BCUT2D eigenvalue weighted by atomic mass is 10.2. The fraction of sp³-hybridized carbons (Fsp3) is 0.538. The molecule has 0 bridgehead atoms. The molecule has 0 aromatic carbocycles. The van der Waals surface area contributed by atoms with Gasteiger partial charge in [-0.25, -0.2) is 0 Å². The highest BCUT2D eigenvalue weighted by atomic mass is 32.1. The van der Waals surface area contributed by atoms with E-state index in [0.29, 0.717) is 6.54 Å². The molecule has 0 saturated heterocycles. The Kier molecular flexibility index (Phi) is 5.34. The SMILES string of the molecule is CC(C)(C)OC(=O)CCC(=O)NCc1ccsc1. The van der Waals surface area contributed by atoms with Crippen LogP contribution in [0.4, 0.5) is 0 Å². The number of amides is 1. The lowest BCUT2D eigenvalue weighted by Crippen LogP contribution is -2.26. The van der Waals surface area contributed by atoms with Crippen molar-refractivity contribution in [1.82, 2.24) is 5.32 Å². The van der Waals surface area contributed by atoms with Crippen molar-refractivity contribution in [2.24, 2.45) is 0 Å². The van der Waals surface area contributed by atoms with Crippen LogP contribution in [0, 0.1) is 0 Å². The Bertz CT molecular complexity index is 393. The standard InChI is InChI=1S/C13H19NO3S/c1-13(2,3)17-12(16)5-4-11(15)14-8-10-6-7-18-9-10/h6-7,9H,4-5,8H2,1-3H3,(H,14,15). The molecular formula is C13H19NO3S. The molecule has 1 rings (SSSR count). The first-order valence-corrected chi connectivity index (χ1v) is 6.81. The van der Waals surface area contributed by atoms with Crippen molar-refractivity contribution >= 4 is 23.2 Å². The summed E-state index contributed by atoms with van der Waals surface area (Å²) in [7, 11) is 0. The second-order valence-corrected chi connectivity index (χ2v) is 5.77. The van der Waals surface area contributed by atoms with Crippen LogP contribution in [0.3, 0.4) is 0 Å². The van der Waals surface area contributed by atoms with E-state index >= 15 is 0 Å². The molecule has 18 heavy (non-hydrogen) atoms. The number of esters is 1. The molecule has 1 amide bonds. The van der Waals surface area contributed by atoms with Gasteiger partial charge in [0, 0.05) is 13.0 Å². The molecule has 4 nitrogen and oxygen atoms in total. The number of carbonyl (C=O) groups excluding carboxylic acids is 2. The van der Waals surface area contributed by atoms with E-state index in [-0.39, 0.29) is 24.7 Å². The third-order valence-electron chi connectivity index (χ3n) is 2.05. The third kappa shape index (κ3) is 6.39. The smallest absolute Gasteiger partial charge is 0.306 e. The Morgan fingerprint density at radius 2 is 2.06 bits per heavy atom. The summed E-state index contributed by atoms with van der Waals surface area (Å²) in [5.74, 6) is -0.472. The Labute approximate surface area is 111 Å². The fourth-order valence-corrected chi connectivity index (χ4v) is 1.96. The molecule has 0 fully saturated rings. The van der Waals surface area contributed by atoms with Crippen molar-refractivity contribution < 1.29 is 14.3 Å². The maximum absolute atomic E-state index is 11.5. The second kappa shape index (κ2) is 6.54. The molecule has 1 N–H and O–H groups in total. The van der Waals surface area contributed by atoms with Gasteiger partial charge in [-0.05, 0) is 43.2 Å². The molecule has 1 aromatic rings. The lowest BCUT2D eigenvalue weighted by Gasteiger charge is -2.19. The summed E-state index contributed by atoms with van der Waals surface area (Å²) in [6, 6.07) is 1.96. The third-order valence-corrected chi connectivity index (χ3v) is 2.78. The summed E-state index contributed by atoms with van der Waals surface area (Å²) in [5.41, 5.74) is 0.579. The van der Waals surface area contributed by atoms with Gasteiger partial charge in [-0.15, -0.1) is 0 Å². The van der Waals surface area contributed by atoms with Gasteiger partial charge >= 0.3 is 5.97 Å². The first kappa shape index (κ1) is 14.7. The van der Waals surface area contributed by atoms with E-state index in [1.807, 2.05) is 37.6 Å². The molecule has 0 unspecified atom stereocenters. The minimum atomic E-state index is -0.496. The maximum Gasteiger partial charge on any atom is 0.306 e. The van der Waals surface area contributed by atoms with Gasteiger partial charge in [0.25, 0.3) is 0 Å². The lowest BCUT2D eigenvalue weighted by molar-refractivity contribution is -0.155. The molecule has 0 aliphatic heterocycles. The molecule has 1 heterocycles. The number of thiophene rings is 1. The fourth-order valence-electron chi connectivity index (χ4n) is 1.29. The Balaban J connectivity index is 2.19. The molecule has 0 spiro atoms. The van der Waals surface area contributed by atoms with Crippen molar-refractivity contribution in [3.63, 3.8) is 0 Å². The maximum atomic E-state index is 11.5. The van der Waals surface area contributed by atoms with Crippen LogP contribution in [-0.2, 0) is 20.9 Å². The van der Waals surface area contributed by atoms with Gasteiger partial charge in [0.05, 0.1) is 6.42 Å². The molecule has 1 aromatic heterocycles. The minimum absolute atomic E-state index is 0.118. The average molecular weight is 269 g/mol. The summed E-state index contributed by atoms with van der Waals surface area (Å²) in [5, 5.41) is 6.70. The molecule has 100 valence electrons. The summed E-state index contributed by atoms with van der Waals surface area (Å²) >= 11 is 1.59. The summed E-state index contributed by atoms with van der Waals surface area (Å²) in [6.07, 6.45) is 0.284. The van der Waals surface area contributed by atoms with E-state index in [1.54, 1.807) is 11.3 Å². The zero-order valence-corrected chi connectivity index (χ0v) is 11.8. The van der Waals surface area contributed by atoms with Crippen molar-refractivity contribution in [1.29, 1.82) is 0 Å². The van der Waals surface area contributed by atoms with Crippen LogP contribution < -0.4 is 5.32 Å². The van der Waals surface area contributed by atoms with Crippen LogP contribution in [0.25, 0.3) is 0 Å². The number of rotatable bonds is 5. The number of carbonyl (C=O) groups is 2. The summed E-state index contributed by atoms with van der Waals surface area (Å²) in [6.45, 7) is 5.93. The van der Waals surface area contributed by atoms with Crippen LogP contribution in [0.5, 0.6) is 0 Å². The molecule has 0 saturated carbocycles. The van der Waals surface area contributed by atoms with Crippen molar-refractivity contribution in [2.75, 3.05) is 0 Å². The second-order valence-electron chi connectivity index (χ2n) is 4.99. The highest BCUT2D eigenvalue weighted by Gasteiger charge is 2.16. The van der Waals surface area contributed by atoms with E-state index in [1.165, 1.54) is 0 Å². The molecule has 5 heteroatoms. The Morgan fingerprint density at radius 3 is 2.61 bits per heavy atom. The van der Waals surface area contributed by atoms with E-state index in [4.69, 9.17) is 4.74 Å². The van der Waals surface area contributed by atoms with Gasteiger partial charge < -0.3 is 10.1 Å². The van der Waals surface area contributed by atoms with Crippen molar-refractivity contribution in [3.8, 4) is 0 Å². The first-order chi connectivity index (χ1) is 8.37. The van der Waals surface area contributed by atoms with E-state index in [2.05, 4.69) is 5.32 Å². The van der Waals surface area contributed by atoms with Crippen LogP contribution in [0.15, 0.2) is 16.8 Å². The minimum Gasteiger partial charge on any atom is -0.460 e. The summed E-state index contributed by atoms with van der Waals surface area (Å²) in [4.78, 5) is 22.9. The Morgan fingerprint density at radius 1 is 1.33 bits per heavy atom. The van der Waals surface area contributed by atoms with Crippen LogP contribution in [-0.4, -0.2) is 17.5 Å². The largest absolute Gasteiger partial charge is 0.460 e. The Hall–Kier alpha value is -1.36. The van der Waals surface area contributed by atoms with Crippen LogP contribution in [0.2, 0.25) is 0 Å². The predicted molar refractivity (Wildman–Crippen MR) is 71.2 cm³/mol. The van der Waals surface area contributed by atoms with Gasteiger partial charge in [0.2, 0.25) is 5.91 Å². The highest BCUT2D eigenvalue weighted by molar-refractivity contribution is 7.07. The predicted octanol–water partition coefficient (Wildman–Crippen LogP) is 2.49. The van der Waals surface area contributed by atoms with E-state index in [9.17, 15) is 9.59 Å². The van der Waals surface area contributed by atoms with Gasteiger partial charge in [-0.3, -0.25) is 9.59 Å². The molecule has 0 atom stereocenters. The normalized spacial score (nSPS) is 11.1. The number of ether oxygens (including phenoxy) is 1. The van der Waals surface area contributed by atoms with Crippen molar-refractivity contribution in [3.05, 3.63) is 22.4 Å². The molecular weight excluding hydrogens is 250 g/mol. The van der Waals surface area contributed by atoms with E-state index < -0.39 is 5.60 Å². The molecule has 0 aliphatic carbocycles. The average Bonchev–Trinajstić information content (AvgIpc) is 2.74. The molecule has 0 aliphatic rings. The number of nitrogens with one attached hydrogen (secondary N) is 1. The first-order valence-electron chi connectivity index (χ1n) is 5.86. The van der Waals surface area contributed by atoms with Crippen LogP contribution >= 0.6 is 11.3 Å². The number of hydrogen-bond donors (Lipinski definition) is 1. The quantitative estimate of drug-likeness (QED) is 0.835. The van der Waals surface area contributed by atoms with Gasteiger partial charge in [-0.1, -0.05) is 0 Å². The van der Waals surface area contributed by atoms with Crippen molar-refractivity contribution in [2.45, 2.75) is 45.8 Å². The zero-order chi connectivity index (χ0) is 13.6. The van der Waals surface area contributed by atoms with Gasteiger partial charge in [0.15, 0.2) is 0 Å². The topological polar surface area (TPSA) is 55.4 Å². The number of hydrogen-bond acceptors (Lipinski definition) is 4. The van der Waals surface area contributed by atoms with Gasteiger partial charge in [-0.2, -0.15) is 11.3 Å². The van der Waals surface area contributed by atoms with E-state index in [0.717, 1.165) is 5.56 Å². The molecule has 0 radical (unpaired) electrons. The monoisotopic (exact) mass is 269 g/mol.